The van der Waals surface area contributed by atoms with E-state index in [0.29, 0.717) is 5.82 Å². The molecule has 0 spiro atoms. The van der Waals surface area contributed by atoms with E-state index < -0.39 is 0 Å². The molecule has 0 saturated carbocycles. The Morgan fingerprint density at radius 1 is 1.04 bits per heavy atom. The number of fused-ring (bicyclic) bond motifs is 2. The van der Waals surface area contributed by atoms with E-state index in [2.05, 4.69) is 24.2 Å². The van der Waals surface area contributed by atoms with Gasteiger partial charge in [-0.25, -0.2) is 15.0 Å². The number of rotatable bonds is 6. The van der Waals surface area contributed by atoms with Crippen molar-refractivity contribution in [2.75, 3.05) is 11.5 Å². The lowest BCUT2D eigenvalue weighted by molar-refractivity contribution is 0.174. The predicted molar refractivity (Wildman–Crippen MR) is 102 cm³/mol. The minimum absolute atomic E-state index is 0.268. The second-order valence-electron chi connectivity index (χ2n) is 5.97. The first-order chi connectivity index (χ1) is 13.4. The Bertz CT molecular complexity index is 1080. The predicted octanol–water partition coefficient (Wildman–Crippen LogP) is 3.18. The van der Waals surface area contributed by atoms with Crippen molar-refractivity contribution in [1.29, 1.82) is 0 Å². The third-order valence-electron chi connectivity index (χ3n) is 4.28. The Morgan fingerprint density at radius 3 is 2.85 bits per heavy atom. The molecule has 0 saturated heterocycles. The second kappa shape index (κ2) is 6.84. The lowest BCUT2D eigenvalue weighted by atomic mass is 10.3. The summed E-state index contributed by atoms with van der Waals surface area (Å²) in [5, 5.41) is 0. The first-order valence-electron chi connectivity index (χ1n) is 8.46. The Labute approximate surface area is 159 Å². The highest BCUT2D eigenvalue weighted by atomic mass is 32.2. The van der Waals surface area contributed by atoms with E-state index in [9.17, 15) is 0 Å². The lowest BCUT2D eigenvalue weighted by Crippen LogP contribution is -2.05. The molecule has 0 fully saturated rings. The third kappa shape index (κ3) is 3.17. The summed E-state index contributed by atoms with van der Waals surface area (Å²) in [6.07, 6.45) is 7.45. The van der Waals surface area contributed by atoms with Gasteiger partial charge in [-0.2, -0.15) is 0 Å². The number of anilines is 1. The Balaban J connectivity index is 1.33. The maximum Gasteiger partial charge on any atom is 0.231 e. The number of nitrogens with one attached hydrogen (secondary N) is 1. The molecular weight excluding hydrogens is 364 g/mol. The molecule has 27 heavy (non-hydrogen) atoms. The van der Waals surface area contributed by atoms with Crippen LogP contribution in [0.15, 0.2) is 60.3 Å². The summed E-state index contributed by atoms with van der Waals surface area (Å²) in [7, 11) is 0. The molecule has 0 atom stereocenters. The van der Waals surface area contributed by atoms with Gasteiger partial charge >= 0.3 is 0 Å². The minimum Gasteiger partial charge on any atom is -0.454 e. The zero-order valence-electron chi connectivity index (χ0n) is 14.3. The van der Waals surface area contributed by atoms with Gasteiger partial charge in [0.2, 0.25) is 6.79 Å². The van der Waals surface area contributed by atoms with Crippen molar-refractivity contribution >= 4 is 28.9 Å². The fourth-order valence-electron chi connectivity index (χ4n) is 2.91. The van der Waals surface area contributed by atoms with E-state index in [0.717, 1.165) is 40.6 Å². The number of nitrogens with zero attached hydrogens (tertiary/aromatic N) is 5. The fourth-order valence-corrected chi connectivity index (χ4v) is 3.57. The quantitative estimate of drug-likeness (QED) is 0.515. The van der Waals surface area contributed by atoms with E-state index in [1.165, 1.54) is 11.9 Å². The van der Waals surface area contributed by atoms with Gasteiger partial charge < -0.3 is 23.3 Å². The van der Waals surface area contributed by atoms with Crippen molar-refractivity contribution in [3.63, 3.8) is 0 Å². The smallest absolute Gasteiger partial charge is 0.231 e. The summed E-state index contributed by atoms with van der Waals surface area (Å²) >= 11 is 1.45. The first-order valence-corrected chi connectivity index (χ1v) is 9.27. The molecule has 1 N–H and O–H groups in total. The minimum atomic E-state index is 0.268. The first kappa shape index (κ1) is 16.0. The van der Waals surface area contributed by atoms with Gasteiger partial charge in [0.25, 0.3) is 0 Å². The average molecular weight is 380 g/mol. The van der Waals surface area contributed by atoms with Crippen molar-refractivity contribution < 1.29 is 9.47 Å². The summed E-state index contributed by atoms with van der Waals surface area (Å²) in [5.41, 5.74) is 1.56. The number of ether oxygens (including phenoxy) is 2. The van der Waals surface area contributed by atoms with Crippen LogP contribution < -0.4 is 14.2 Å². The summed E-state index contributed by atoms with van der Waals surface area (Å²) in [6.45, 7) is 1.91. The van der Waals surface area contributed by atoms with Crippen LogP contribution in [0.5, 0.6) is 11.5 Å². The molecule has 136 valence electrons. The van der Waals surface area contributed by atoms with Crippen LogP contribution in [0.25, 0.3) is 11.2 Å². The lowest BCUT2D eigenvalue weighted by Gasteiger charge is -2.07. The molecule has 1 aliphatic rings. The molecule has 0 amide bonds. The fraction of sp³-hybridized carbons (Fsp3) is 0.167. The molecule has 1 aromatic carbocycles. The molecule has 1 aliphatic heterocycles. The second-order valence-corrected chi connectivity index (χ2v) is 6.85. The van der Waals surface area contributed by atoms with E-state index in [1.54, 1.807) is 12.7 Å². The highest BCUT2D eigenvalue weighted by Gasteiger charge is 2.14. The topological polar surface area (TPSA) is 79.0 Å². The number of aromatic nitrogens is 5. The maximum atomic E-state index is 5.42. The van der Waals surface area contributed by atoms with Crippen LogP contribution in [0, 0.1) is 0 Å². The molecule has 4 aromatic rings. The van der Waals surface area contributed by atoms with Gasteiger partial charge in [0.1, 0.15) is 6.33 Å². The third-order valence-corrected chi connectivity index (χ3v) is 5.06. The van der Waals surface area contributed by atoms with Crippen LogP contribution >= 0.6 is 11.9 Å². The summed E-state index contributed by atoms with van der Waals surface area (Å²) in [4.78, 5) is 14.2. The van der Waals surface area contributed by atoms with Gasteiger partial charge in [0, 0.05) is 30.4 Å². The summed E-state index contributed by atoms with van der Waals surface area (Å²) in [6, 6.07) is 9.85. The van der Waals surface area contributed by atoms with Crippen LogP contribution in [0.1, 0.15) is 0 Å². The normalized spacial score (nSPS) is 12.6. The summed E-state index contributed by atoms with van der Waals surface area (Å²) < 4.78 is 18.2. The van der Waals surface area contributed by atoms with Crippen LogP contribution in [-0.4, -0.2) is 30.9 Å². The molecule has 3 aromatic heterocycles. The monoisotopic (exact) mass is 380 g/mol. The molecule has 8 nitrogen and oxygen atoms in total. The SMILES string of the molecule is c1ccn(CCn2cnc3c(NSc4ccc5c(c4)OCO5)ncnc32)c1. The molecule has 0 unspecified atom stereocenters. The number of aryl methyl sites for hydroxylation is 2. The van der Waals surface area contributed by atoms with Crippen LogP contribution in [0.4, 0.5) is 5.82 Å². The standard InChI is InChI=1S/C18H16N6O2S/c1-2-6-23(5-1)7-8-24-11-21-16-17(19-10-20-18(16)24)22-27-13-3-4-14-15(9-13)26-12-25-14/h1-6,9-11H,7-8,12H2,(H,19,20,22). The molecule has 0 radical (unpaired) electrons. The van der Waals surface area contributed by atoms with Crippen molar-refractivity contribution in [3.05, 3.63) is 55.4 Å². The van der Waals surface area contributed by atoms with E-state index >= 15 is 0 Å². The zero-order chi connectivity index (χ0) is 18.1. The molecule has 4 heterocycles. The van der Waals surface area contributed by atoms with E-state index in [-0.39, 0.29) is 6.79 Å². The maximum absolute atomic E-state index is 5.42. The molecular formula is C18H16N6O2S. The van der Waals surface area contributed by atoms with Crippen LogP contribution in [0.3, 0.4) is 0 Å². The average Bonchev–Trinajstić information content (AvgIpc) is 3.44. The zero-order valence-corrected chi connectivity index (χ0v) is 15.1. The number of hydrogen-bond donors (Lipinski definition) is 1. The van der Waals surface area contributed by atoms with Gasteiger partial charge in [-0.3, -0.25) is 0 Å². The molecule has 9 heteroatoms. The Morgan fingerprint density at radius 2 is 1.93 bits per heavy atom. The van der Waals surface area contributed by atoms with Crippen molar-refractivity contribution in [3.8, 4) is 11.5 Å². The highest BCUT2D eigenvalue weighted by molar-refractivity contribution is 8.00. The number of benzene rings is 1. The number of imidazole rings is 1. The molecule has 0 aliphatic carbocycles. The van der Waals surface area contributed by atoms with Crippen molar-refractivity contribution in [2.24, 2.45) is 0 Å². The van der Waals surface area contributed by atoms with Crippen LogP contribution in [-0.2, 0) is 13.1 Å². The van der Waals surface area contributed by atoms with E-state index in [4.69, 9.17) is 9.47 Å². The van der Waals surface area contributed by atoms with Gasteiger partial charge in [-0.05, 0) is 42.3 Å². The largest absolute Gasteiger partial charge is 0.454 e. The Hall–Kier alpha value is -3.20. The van der Waals surface area contributed by atoms with Gasteiger partial charge in [0.05, 0.1) is 6.33 Å². The van der Waals surface area contributed by atoms with Gasteiger partial charge in [-0.1, -0.05) is 0 Å². The summed E-state index contributed by atoms with van der Waals surface area (Å²) in [5.74, 6) is 2.21. The van der Waals surface area contributed by atoms with E-state index in [1.807, 2.05) is 47.3 Å². The highest BCUT2D eigenvalue weighted by Crippen LogP contribution is 2.36. The molecule has 0 bridgehead atoms. The van der Waals surface area contributed by atoms with Crippen LogP contribution in [0.2, 0.25) is 0 Å². The van der Waals surface area contributed by atoms with Gasteiger partial charge in [-0.15, -0.1) is 0 Å². The van der Waals surface area contributed by atoms with Gasteiger partial charge in [0.15, 0.2) is 28.5 Å². The molecule has 5 rings (SSSR count). The Kier molecular flexibility index (Phi) is 4.06. The van der Waals surface area contributed by atoms with Crippen molar-refractivity contribution in [2.45, 2.75) is 18.0 Å². The van der Waals surface area contributed by atoms with Crippen molar-refractivity contribution in [1.82, 2.24) is 24.1 Å². The number of hydrogen-bond acceptors (Lipinski definition) is 7.